The normalized spacial score (nSPS) is 19.6. The smallest absolute Gasteiger partial charge is 0.0638 e. The van der Waals surface area contributed by atoms with Crippen LogP contribution >= 0.6 is 0 Å². The van der Waals surface area contributed by atoms with E-state index in [1.54, 1.807) is 0 Å². The third-order valence-corrected chi connectivity index (χ3v) is 5.00. The molecule has 1 atom stereocenters. The van der Waals surface area contributed by atoms with Crippen molar-refractivity contribution in [1.82, 2.24) is 24.9 Å². The molecule has 1 saturated heterocycles. The second-order valence-electron chi connectivity index (χ2n) is 7.06. The van der Waals surface area contributed by atoms with E-state index >= 15 is 0 Å². The van der Waals surface area contributed by atoms with Crippen LogP contribution in [0.5, 0.6) is 0 Å². The highest BCUT2D eigenvalue weighted by Crippen LogP contribution is 2.31. The summed E-state index contributed by atoms with van der Waals surface area (Å²) in [5.41, 5.74) is 5.26. The van der Waals surface area contributed by atoms with Crippen LogP contribution in [-0.2, 0) is 13.1 Å². The number of nitrogens with zero attached hydrogens (tertiary/aromatic N) is 4. The molecule has 2 aromatic rings. The quantitative estimate of drug-likeness (QED) is 0.919. The Kier molecular flexibility index (Phi) is 4.85. The van der Waals surface area contributed by atoms with E-state index in [1.165, 1.54) is 41.9 Å². The summed E-state index contributed by atoms with van der Waals surface area (Å²) in [7, 11) is 0. The van der Waals surface area contributed by atoms with Crippen molar-refractivity contribution >= 4 is 0 Å². The summed E-state index contributed by atoms with van der Waals surface area (Å²) in [6.07, 6.45) is 6.72. The van der Waals surface area contributed by atoms with Crippen LogP contribution in [0, 0.1) is 6.92 Å². The van der Waals surface area contributed by atoms with Crippen molar-refractivity contribution in [2.45, 2.75) is 65.5 Å². The Morgan fingerprint density at radius 3 is 2.91 bits per heavy atom. The van der Waals surface area contributed by atoms with Gasteiger partial charge in [0.15, 0.2) is 0 Å². The van der Waals surface area contributed by atoms with Crippen molar-refractivity contribution in [3.63, 3.8) is 0 Å². The number of aromatic nitrogens is 4. The Bertz CT molecular complexity index is 640. The summed E-state index contributed by atoms with van der Waals surface area (Å²) in [4.78, 5) is 2.57. The van der Waals surface area contributed by atoms with E-state index < -0.39 is 0 Å². The maximum absolute atomic E-state index is 4.57. The summed E-state index contributed by atoms with van der Waals surface area (Å²) < 4.78 is 2.04. The number of hydrogen-bond donors (Lipinski definition) is 1. The first-order valence-corrected chi connectivity index (χ1v) is 8.87. The number of H-pyrrole nitrogens is 1. The summed E-state index contributed by atoms with van der Waals surface area (Å²) >= 11 is 0. The van der Waals surface area contributed by atoms with E-state index in [0.29, 0.717) is 11.8 Å². The first-order chi connectivity index (χ1) is 11.1. The summed E-state index contributed by atoms with van der Waals surface area (Å²) in [6.45, 7) is 13.0. The van der Waals surface area contributed by atoms with Crippen molar-refractivity contribution in [3.05, 3.63) is 34.9 Å². The fourth-order valence-electron chi connectivity index (χ4n) is 3.64. The lowest BCUT2D eigenvalue weighted by Crippen LogP contribution is -2.34. The molecule has 0 radical (unpaired) electrons. The van der Waals surface area contributed by atoms with Crippen molar-refractivity contribution in [2.75, 3.05) is 13.1 Å². The SMILES string of the molecule is CCn1cc(CN2CCCC(c3[nH]ncc3C(C)C)C2)c(C)n1. The average molecular weight is 315 g/mol. The zero-order chi connectivity index (χ0) is 16.4. The molecule has 3 rings (SSSR count). The molecule has 0 aliphatic carbocycles. The van der Waals surface area contributed by atoms with E-state index in [4.69, 9.17) is 0 Å². The number of likely N-dealkylation sites (tertiary alicyclic amines) is 1. The molecule has 0 spiro atoms. The predicted octanol–water partition coefficient (Wildman–Crippen LogP) is 3.44. The number of aryl methyl sites for hydroxylation is 2. The lowest BCUT2D eigenvalue weighted by atomic mass is 9.89. The van der Waals surface area contributed by atoms with Crippen molar-refractivity contribution in [1.29, 1.82) is 0 Å². The molecule has 5 nitrogen and oxygen atoms in total. The van der Waals surface area contributed by atoms with Gasteiger partial charge in [-0.15, -0.1) is 0 Å². The monoisotopic (exact) mass is 315 g/mol. The molecule has 0 amide bonds. The number of rotatable bonds is 5. The molecule has 126 valence electrons. The Balaban J connectivity index is 1.70. The van der Waals surface area contributed by atoms with Gasteiger partial charge < -0.3 is 0 Å². The van der Waals surface area contributed by atoms with Gasteiger partial charge in [-0.1, -0.05) is 13.8 Å². The van der Waals surface area contributed by atoms with Gasteiger partial charge in [-0.25, -0.2) is 0 Å². The Hall–Kier alpha value is -1.62. The van der Waals surface area contributed by atoms with Gasteiger partial charge in [-0.05, 0) is 44.7 Å². The Morgan fingerprint density at radius 2 is 2.22 bits per heavy atom. The van der Waals surface area contributed by atoms with Crippen LogP contribution in [-0.4, -0.2) is 38.0 Å². The maximum atomic E-state index is 4.57. The molecule has 3 heterocycles. The molecule has 0 bridgehead atoms. The molecule has 0 aromatic carbocycles. The van der Waals surface area contributed by atoms with Gasteiger partial charge in [-0.3, -0.25) is 14.7 Å². The number of piperidine rings is 1. The fourth-order valence-corrected chi connectivity index (χ4v) is 3.64. The van der Waals surface area contributed by atoms with Crippen LogP contribution in [0.3, 0.4) is 0 Å². The van der Waals surface area contributed by atoms with E-state index in [1.807, 2.05) is 10.9 Å². The summed E-state index contributed by atoms with van der Waals surface area (Å²) in [5, 5.41) is 12.1. The molecule has 1 unspecified atom stereocenters. The van der Waals surface area contributed by atoms with Gasteiger partial charge in [0.2, 0.25) is 0 Å². The van der Waals surface area contributed by atoms with Crippen LogP contribution in [0.4, 0.5) is 0 Å². The van der Waals surface area contributed by atoms with Crippen molar-refractivity contribution < 1.29 is 0 Å². The lowest BCUT2D eigenvalue weighted by molar-refractivity contribution is 0.197. The standard InChI is InChI=1S/C18H29N5/c1-5-23-12-16(14(4)21-23)11-22-8-6-7-15(10-22)18-17(13(2)3)9-19-20-18/h9,12-13,15H,5-8,10-11H2,1-4H3,(H,19,20). The van der Waals surface area contributed by atoms with Gasteiger partial charge in [0.1, 0.15) is 0 Å². The van der Waals surface area contributed by atoms with Crippen molar-refractivity contribution in [2.24, 2.45) is 0 Å². The molecule has 23 heavy (non-hydrogen) atoms. The third-order valence-electron chi connectivity index (χ3n) is 5.00. The molecule has 5 heteroatoms. The van der Waals surface area contributed by atoms with Gasteiger partial charge in [0, 0.05) is 43.0 Å². The van der Waals surface area contributed by atoms with Crippen LogP contribution in [0.25, 0.3) is 0 Å². The van der Waals surface area contributed by atoms with E-state index in [9.17, 15) is 0 Å². The lowest BCUT2D eigenvalue weighted by Gasteiger charge is -2.32. The third kappa shape index (κ3) is 3.50. The van der Waals surface area contributed by atoms with E-state index in [2.05, 4.69) is 54.1 Å². The second-order valence-corrected chi connectivity index (χ2v) is 7.06. The Labute approximate surface area is 139 Å². The highest BCUT2D eigenvalue weighted by atomic mass is 15.3. The van der Waals surface area contributed by atoms with Crippen LogP contribution in [0.2, 0.25) is 0 Å². The van der Waals surface area contributed by atoms with Crippen LogP contribution in [0.15, 0.2) is 12.4 Å². The molecular weight excluding hydrogens is 286 g/mol. The highest BCUT2D eigenvalue weighted by molar-refractivity contribution is 5.25. The van der Waals surface area contributed by atoms with Gasteiger partial charge in [-0.2, -0.15) is 10.2 Å². The minimum atomic E-state index is 0.532. The zero-order valence-electron chi connectivity index (χ0n) is 14.8. The first-order valence-electron chi connectivity index (χ1n) is 8.87. The van der Waals surface area contributed by atoms with Crippen molar-refractivity contribution in [3.8, 4) is 0 Å². The Morgan fingerprint density at radius 1 is 1.39 bits per heavy atom. The van der Waals surface area contributed by atoms with Gasteiger partial charge in [0.25, 0.3) is 0 Å². The van der Waals surface area contributed by atoms with E-state index in [0.717, 1.165) is 19.6 Å². The van der Waals surface area contributed by atoms with Gasteiger partial charge >= 0.3 is 0 Å². The molecule has 1 aliphatic rings. The second kappa shape index (κ2) is 6.87. The number of hydrogen-bond acceptors (Lipinski definition) is 3. The average Bonchev–Trinajstić information content (AvgIpc) is 3.15. The molecule has 1 aliphatic heterocycles. The number of nitrogens with one attached hydrogen (secondary N) is 1. The number of aromatic amines is 1. The summed E-state index contributed by atoms with van der Waals surface area (Å²) in [6, 6.07) is 0. The predicted molar refractivity (Wildman–Crippen MR) is 92.6 cm³/mol. The van der Waals surface area contributed by atoms with Crippen LogP contribution in [0.1, 0.15) is 68.0 Å². The maximum Gasteiger partial charge on any atom is 0.0638 e. The first kappa shape index (κ1) is 16.2. The zero-order valence-corrected chi connectivity index (χ0v) is 14.8. The summed E-state index contributed by atoms with van der Waals surface area (Å²) in [5.74, 6) is 1.11. The fraction of sp³-hybridized carbons (Fsp3) is 0.667. The van der Waals surface area contributed by atoms with E-state index in [-0.39, 0.29) is 0 Å². The molecule has 0 saturated carbocycles. The minimum Gasteiger partial charge on any atom is -0.298 e. The largest absolute Gasteiger partial charge is 0.298 e. The minimum absolute atomic E-state index is 0.532. The molecule has 1 fully saturated rings. The highest BCUT2D eigenvalue weighted by Gasteiger charge is 2.26. The molecule has 2 aromatic heterocycles. The molecular formula is C18H29N5. The van der Waals surface area contributed by atoms with Gasteiger partial charge in [0.05, 0.1) is 11.9 Å². The molecule has 1 N–H and O–H groups in total. The van der Waals surface area contributed by atoms with Crippen LogP contribution < -0.4 is 0 Å². The topological polar surface area (TPSA) is 49.7 Å².